The maximum absolute atomic E-state index is 11.4. The minimum Gasteiger partial charge on any atom is -0.496 e. The maximum atomic E-state index is 11.4. The van der Waals surface area contributed by atoms with Crippen molar-refractivity contribution < 1.29 is 9.53 Å². The molecular formula is C13H16N2O2. The van der Waals surface area contributed by atoms with Crippen molar-refractivity contribution in [3.8, 4) is 5.75 Å². The van der Waals surface area contributed by atoms with Crippen LogP contribution in [-0.4, -0.2) is 18.7 Å². The molecule has 90 valence electrons. The number of carbonyl (C=O) groups excluding carboxylic acids is 1. The summed E-state index contributed by atoms with van der Waals surface area (Å²) in [6.45, 7) is 1.85. The third kappa shape index (κ3) is 2.84. The molecule has 0 radical (unpaired) electrons. The van der Waals surface area contributed by atoms with Crippen LogP contribution >= 0.6 is 0 Å². The minimum absolute atomic E-state index is 0.0132. The molecule has 0 spiro atoms. The molecular weight excluding hydrogens is 216 g/mol. The van der Waals surface area contributed by atoms with Crippen molar-refractivity contribution in [1.29, 1.82) is 0 Å². The Morgan fingerprint density at radius 2 is 2.12 bits per heavy atom. The quantitative estimate of drug-likeness (QED) is 0.637. The Hall–Kier alpha value is -1.84. The van der Waals surface area contributed by atoms with Crippen molar-refractivity contribution in [2.24, 2.45) is 11.0 Å². The number of nitrogens with one attached hydrogen (secondary N) is 1. The van der Waals surface area contributed by atoms with Crippen LogP contribution in [0.15, 0.2) is 29.4 Å². The van der Waals surface area contributed by atoms with Gasteiger partial charge in [-0.25, -0.2) is 5.43 Å². The number of carbonyl (C=O) groups is 1. The predicted molar refractivity (Wildman–Crippen MR) is 66.1 cm³/mol. The Bertz CT molecular complexity index is 450. The fourth-order valence-corrected chi connectivity index (χ4v) is 1.58. The van der Waals surface area contributed by atoms with E-state index in [4.69, 9.17) is 4.74 Å². The lowest BCUT2D eigenvalue weighted by atomic mass is 10.1. The Morgan fingerprint density at radius 1 is 1.41 bits per heavy atom. The third-order valence-electron chi connectivity index (χ3n) is 2.78. The lowest BCUT2D eigenvalue weighted by Gasteiger charge is -2.07. The van der Waals surface area contributed by atoms with E-state index in [9.17, 15) is 4.79 Å². The molecule has 0 bridgehead atoms. The zero-order valence-corrected chi connectivity index (χ0v) is 10.1. The largest absolute Gasteiger partial charge is 0.496 e. The molecule has 0 aromatic heterocycles. The summed E-state index contributed by atoms with van der Waals surface area (Å²) in [7, 11) is 1.62. The zero-order valence-electron chi connectivity index (χ0n) is 10.1. The van der Waals surface area contributed by atoms with E-state index in [1.165, 1.54) is 0 Å². The van der Waals surface area contributed by atoms with Gasteiger partial charge < -0.3 is 4.74 Å². The number of rotatable bonds is 4. The molecule has 1 aromatic carbocycles. The lowest BCUT2D eigenvalue weighted by Crippen LogP contribution is -2.20. The van der Waals surface area contributed by atoms with Gasteiger partial charge >= 0.3 is 0 Å². The van der Waals surface area contributed by atoms with Gasteiger partial charge in [-0.05, 0) is 31.9 Å². The second-order valence-corrected chi connectivity index (χ2v) is 4.15. The number of amides is 1. The van der Waals surface area contributed by atoms with E-state index < -0.39 is 0 Å². The number of hydrogen-bond acceptors (Lipinski definition) is 3. The highest BCUT2D eigenvalue weighted by Crippen LogP contribution is 2.28. The number of nitrogens with zero attached hydrogens (tertiary/aromatic N) is 1. The second-order valence-electron chi connectivity index (χ2n) is 4.15. The molecule has 1 amide bonds. The van der Waals surface area contributed by atoms with E-state index in [1.54, 1.807) is 7.11 Å². The summed E-state index contributed by atoms with van der Waals surface area (Å²) < 4.78 is 5.24. The number of benzene rings is 1. The molecule has 1 aliphatic rings. The predicted octanol–water partition coefficient (Wildman–Crippen LogP) is 1.95. The first kappa shape index (κ1) is 11.6. The van der Waals surface area contributed by atoms with Gasteiger partial charge in [0.25, 0.3) is 0 Å². The smallest absolute Gasteiger partial charge is 0.243 e. The first-order valence-electron chi connectivity index (χ1n) is 5.70. The van der Waals surface area contributed by atoms with Crippen molar-refractivity contribution in [2.75, 3.05) is 7.11 Å². The Labute approximate surface area is 101 Å². The lowest BCUT2D eigenvalue weighted by molar-refractivity contribution is -0.122. The minimum atomic E-state index is 0.0132. The van der Waals surface area contributed by atoms with E-state index in [0.717, 1.165) is 29.9 Å². The van der Waals surface area contributed by atoms with Crippen molar-refractivity contribution in [3.63, 3.8) is 0 Å². The molecule has 4 heteroatoms. The fourth-order valence-electron chi connectivity index (χ4n) is 1.58. The number of ether oxygens (including phenoxy) is 1. The van der Waals surface area contributed by atoms with Gasteiger partial charge in [0.15, 0.2) is 0 Å². The molecule has 1 N–H and O–H groups in total. The van der Waals surface area contributed by atoms with E-state index in [0.29, 0.717) is 0 Å². The topological polar surface area (TPSA) is 50.7 Å². The zero-order chi connectivity index (χ0) is 12.3. The molecule has 2 rings (SSSR count). The molecule has 1 aromatic rings. The SMILES string of the molecule is COc1ccccc1/C(C)=N\NC(=O)C1CC1. The summed E-state index contributed by atoms with van der Waals surface area (Å²) in [4.78, 5) is 11.4. The molecule has 1 aliphatic carbocycles. The Kier molecular flexibility index (Phi) is 3.42. The fraction of sp³-hybridized carbons (Fsp3) is 0.385. The standard InChI is InChI=1S/C13H16N2O2/c1-9(14-15-13(16)10-7-8-10)11-5-3-4-6-12(11)17-2/h3-6,10H,7-8H2,1-2H3,(H,15,16)/b14-9-. The van der Waals surface area contributed by atoms with Crippen LogP contribution in [0.5, 0.6) is 5.75 Å². The van der Waals surface area contributed by atoms with Crippen LogP contribution < -0.4 is 10.2 Å². The van der Waals surface area contributed by atoms with Gasteiger partial charge in [0.2, 0.25) is 5.91 Å². The normalized spacial score (nSPS) is 15.5. The van der Waals surface area contributed by atoms with Gasteiger partial charge in [-0.1, -0.05) is 12.1 Å². The van der Waals surface area contributed by atoms with Gasteiger partial charge in [-0.3, -0.25) is 4.79 Å². The summed E-state index contributed by atoms with van der Waals surface area (Å²) in [5.41, 5.74) is 4.23. The van der Waals surface area contributed by atoms with Crippen LogP contribution in [0.25, 0.3) is 0 Å². The molecule has 17 heavy (non-hydrogen) atoms. The molecule has 0 unspecified atom stereocenters. The van der Waals surface area contributed by atoms with Gasteiger partial charge in [0.1, 0.15) is 5.75 Å². The van der Waals surface area contributed by atoms with Gasteiger partial charge in [-0.15, -0.1) is 0 Å². The first-order valence-corrected chi connectivity index (χ1v) is 5.70. The highest BCUT2D eigenvalue weighted by molar-refractivity contribution is 6.01. The van der Waals surface area contributed by atoms with Crippen LogP contribution in [0.3, 0.4) is 0 Å². The van der Waals surface area contributed by atoms with E-state index in [-0.39, 0.29) is 11.8 Å². The number of para-hydroxylation sites is 1. The molecule has 0 saturated heterocycles. The molecule has 1 saturated carbocycles. The van der Waals surface area contributed by atoms with Crippen molar-refractivity contribution in [2.45, 2.75) is 19.8 Å². The van der Waals surface area contributed by atoms with Crippen LogP contribution in [0.4, 0.5) is 0 Å². The summed E-state index contributed by atoms with van der Waals surface area (Å²) in [6, 6.07) is 7.61. The van der Waals surface area contributed by atoms with Crippen LogP contribution in [-0.2, 0) is 4.79 Å². The Morgan fingerprint density at radius 3 is 2.76 bits per heavy atom. The van der Waals surface area contributed by atoms with Crippen molar-refractivity contribution in [3.05, 3.63) is 29.8 Å². The molecule has 1 fully saturated rings. The second kappa shape index (κ2) is 4.99. The Balaban J connectivity index is 2.09. The van der Waals surface area contributed by atoms with E-state index >= 15 is 0 Å². The van der Waals surface area contributed by atoms with E-state index in [1.807, 2.05) is 31.2 Å². The molecule has 0 atom stereocenters. The highest BCUT2D eigenvalue weighted by Gasteiger charge is 2.29. The summed E-state index contributed by atoms with van der Waals surface area (Å²) >= 11 is 0. The van der Waals surface area contributed by atoms with Crippen LogP contribution in [0.2, 0.25) is 0 Å². The number of hydrazone groups is 1. The van der Waals surface area contributed by atoms with Crippen LogP contribution in [0.1, 0.15) is 25.3 Å². The summed E-state index contributed by atoms with van der Waals surface area (Å²) in [5, 5.41) is 4.10. The van der Waals surface area contributed by atoms with Gasteiger partial charge in [0, 0.05) is 11.5 Å². The monoisotopic (exact) mass is 232 g/mol. The van der Waals surface area contributed by atoms with Crippen LogP contribution in [0, 0.1) is 5.92 Å². The van der Waals surface area contributed by atoms with Gasteiger partial charge in [0.05, 0.1) is 12.8 Å². The average Bonchev–Trinajstić information content (AvgIpc) is 3.19. The molecule has 0 heterocycles. The maximum Gasteiger partial charge on any atom is 0.243 e. The number of methoxy groups -OCH3 is 1. The van der Waals surface area contributed by atoms with Crippen molar-refractivity contribution >= 4 is 11.6 Å². The summed E-state index contributed by atoms with van der Waals surface area (Å²) in [6.07, 6.45) is 1.96. The third-order valence-corrected chi connectivity index (χ3v) is 2.78. The number of hydrogen-bond donors (Lipinski definition) is 1. The van der Waals surface area contributed by atoms with E-state index in [2.05, 4.69) is 10.5 Å². The first-order chi connectivity index (χ1) is 8.22. The molecule has 4 nitrogen and oxygen atoms in total. The van der Waals surface area contributed by atoms with Crippen molar-refractivity contribution in [1.82, 2.24) is 5.43 Å². The molecule has 0 aliphatic heterocycles. The van der Waals surface area contributed by atoms with Gasteiger partial charge in [-0.2, -0.15) is 5.10 Å². The highest BCUT2D eigenvalue weighted by atomic mass is 16.5. The summed E-state index contributed by atoms with van der Waals surface area (Å²) in [5.74, 6) is 0.942. The average molecular weight is 232 g/mol.